The molecule has 4 rings (SSSR count). The van der Waals surface area contributed by atoms with Crippen LogP contribution in [0.5, 0.6) is 0 Å². The molecule has 2 aliphatic heterocycles. The van der Waals surface area contributed by atoms with Crippen molar-refractivity contribution in [2.24, 2.45) is 0 Å². The molecule has 2 heterocycles. The highest BCUT2D eigenvalue weighted by molar-refractivity contribution is 6.06. The Morgan fingerprint density at radius 3 is 1.89 bits per heavy atom. The number of urea groups is 1. The van der Waals surface area contributed by atoms with Gasteiger partial charge in [-0.1, -0.05) is 38.5 Å². The highest BCUT2D eigenvalue weighted by atomic mass is 16.6. The van der Waals surface area contributed by atoms with Crippen molar-refractivity contribution < 1.29 is 57.2 Å². The number of ether oxygens (including phenoxy) is 5. The molecule has 2 saturated carbocycles. The van der Waals surface area contributed by atoms with Gasteiger partial charge in [-0.3, -0.25) is 38.6 Å². The van der Waals surface area contributed by atoms with Gasteiger partial charge in [-0.05, 0) is 25.7 Å². The maximum atomic E-state index is 14.8. The van der Waals surface area contributed by atoms with E-state index >= 15 is 0 Å². The highest BCUT2D eigenvalue weighted by Gasteiger charge is 2.68. The Bertz CT molecular complexity index is 1230. The summed E-state index contributed by atoms with van der Waals surface area (Å²) in [5, 5.41) is 2.71. The lowest BCUT2D eigenvalue weighted by Crippen LogP contribution is -2.72. The predicted octanol–water partition coefficient (Wildman–Crippen LogP) is 2.26. The fourth-order valence-corrected chi connectivity index (χ4v) is 7.51. The van der Waals surface area contributed by atoms with Crippen LogP contribution in [0, 0.1) is 0 Å². The second-order valence-corrected chi connectivity index (χ2v) is 12.9. The third-order valence-corrected chi connectivity index (χ3v) is 9.25. The standard InChI is InChI=1S/C32H47N3O12/c1-18(36)33-27-25(44-20(3)38)16-32(47-29(27)28(46-22(5)40)26(45-21(4)39)17-43-19(2)37)30(41)34(23-12-8-6-9-13-23)31(42)35(32)24-14-10-7-11-15-24/h23-29H,6-17H2,1-5H3,(H,33,36)/t25-,26+,27+,28?,29+,32?/m0/s1. The Morgan fingerprint density at radius 1 is 0.809 bits per heavy atom. The molecule has 0 bridgehead atoms. The summed E-state index contributed by atoms with van der Waals surface area (Å²) >= 11 is 0. The lowest BCUT2D eigenvalue weighted by molar-refractivity contribution is -0.260. The average molecular weight is 666 g/mol. The summed E-state index contributed by atoms with van der Waals surface area (Å²) in [5.74, 6) is -4.29. The zero-order valence-corrected chi connectivity index (χ0v) is 27.8. The fraction of sp³-hybridized carbons (Fsp3) is 0.781. The number of amides is 4. The van der Waals surface area contributed by atoms with Crippen LogP contribution in [-0.4, -0.2) is 106 Å². The van der Waals surface area contributed by atoms with E-state index < -0.39 is 84.5 Å². The minimum atomic E-state index is -2.02. The molecule has 262 valence electrons. The normalized spacial score (nSPS) is 28.4. The molecular weight excluding hydrogens is 618 g/mol. The molecule has 2 saturated heterocycles. The number of imide groups is 1. The molecule has 47 heavy (non-hydrogen) atoms. The van der Waals surface area contributed by atoms with E-state index in [-0.39, 0.29) is 18.5 Å². The van der Waals surface area contributed by atoms with Crippen molar-refractivity contribution >= 4 is 41.7 Å². The predicted molar refractivity (Wildman–Crippen MR) is 161 cm³/mol. The molecule has 4 amide bonds. The zero-order valence-electron chi connectivity index (χ0n) is 27.8. The van der Waals surface area contributed by atoms with Crippen LogP contribution in [-0.2, 0) is 52.5 Å². The maximum Gasteiger partial charge on any atom is 0.330 e. The number of hydrogen-bond donors (Lipinski definition) is 1. The van der Waals surface area contributed by atoms with Crippen molar-refractivity contribution in [3.8, 4) is 0 Å². The highest BCUT2D eigenvalue weighted by Crippen LogP contribution is 2.46. The lowest BCUT2D eigenvalue weighted by atomic mass is 9.84. The van der Waals surface area contributed by atoms with E-state index in [0.29, 0.717) is 25.7 Å². The van der Waals surface area contributed by atoms with Crippen molar-refractivity contribution in [3.63, 3.8) is 0 Å². The fourth-order valence-electron chi connectivity index (χ4n) is 7.51. The van der Waals surface area contributed by atoms with Crippen molar-refractivity contribution in [1.29, 1.82) is 0 Å². The molecule has 1 spiro atoms. The quantitative estimate of drug-likeness (QED) is 0.204. The summed E-state index contributed by atoms with van der Waals surface area (Å²) in [4.78, 5) is 93.8. The molecule has 0 radical (unpaired) electrons. The smallest absolute Gasteiger partial charge is 0.330 e. The second kappa shape index (κ2) is 15.4. The number of carbonyl (C=O) groups is 7. The minimum Gasteiger partial charge on any atom is -0.462 e. The Kier molecular flexibility index (Phi) is 11.9. The Labute approximate surface area is 274 Å². The average Bonchev–Trinajstić information content (AvgIpc) is 3.20. The van der Waals surface area contributed by atoms with Gasteiger partial charge in [0.15, 0.2) is 12.2 Å². The van der Waals surface area contributed by atoms with Gasteiger partial charge in [-0.2, -0.15) is 0 Å². The van der Waals surface area contributed by atoms with Crippen molar-refractivity contribution in [3.05, 3.63) is 0 Å². The lowest BCUT2D eigenvalue weighted by Gasteiger charge is -2.51. The summed E-state index contributed by atoms with van der Waals surface area (Å²) in [6.07, 6.45) is 1.58. The van der Waals surface area contributed by atoms with Gasteiger partial charge in [-0.25, -0.2) is 4.79 Å². The molecule has 1 N–H and O–H groups in total. The van der Waals surface area contributed by atoms with Gasteiger partial charge < -0.3 is 29.0 Å². The summed E-state index contributed by atoms with van der Waals surface area (Å²) in [6.45, 7) is 5.16. The molecule has 0 aromatic heterocycles. The molecule has 4 aliphatic rings. The van der Waals surface area contributed by atoms with E-state index in [1.165, 1.54) is 23.6 Å². The maximum absolute atomic E-state index is 14.8. The topological polar surface area (TPSA) is 184 Å². The zero-order chi connectivity index (χ0) is 34.5. The van der Waals surface area contributed by atoms with Gasteiger partial charge in [0, 0.05) is 53.1 Å². The number of nitrogens with zero attached hydrogens (tertiary/aromatic N) is 2. The molecule has 15 nitrogen and oxygen atoms in total. The van der Waals surface area contributed by atoms with Gasteiger partial charge in [0.25, 0.3) is 5.91 Å². The molecule has 6 atom stereocenters. The number of hydrogen-bond acceptors (Lipinski definition) is 12. The van der Waals surface area contributed by atoms with Crippen LogP contribution < -0.4 is 5.32 Å². The molecule has 4 fully saturated rings. The van der Waals surface area contributed by atoms with Crippen LogP contribution in [0.15, 0.2) is 0 Å². The van der Waals surface area contributed by atoms with E-state index in [2.05, 4.69) is 5.32 Å². The summed E-state index contributed by atoms with van der Waals surface area (Å²) in [7, 11) is 0. The molecule has 0 aromatic carbocycles. The van der Waals surface area contributed by atoms with Crippen molar-refractivity contribution in [1.82, 2.24) is 15.1 Å². The first kappa shape index (κ1) is 36.1. The Morgan fingerprint density at radius 2 is 1.38 bits per heavy atom. The monoisotopic (exact) mass is 665 g/mol. The molecular formula is C32H47N3O12. The molecule has 2 aliphatic carbocycles. The number of rotatable bonds is 10. The van der Waals surface area contributed by atoms with Crippen LogP contribution in [0.3, 0.4) is 0 Å². The summed E-state index contributed by atoms with van der Waals surface area (Å²) in [6, 6.07) is -2.50. The number of nitrogens with one attached hydrogen (secondary N) is 1. The van der Waals surface area contributed by atoms with E-state index in [9.17, 15) is 33.6 Å². The summed E-state index contributed by atoms with van der Waals surface area (Å²) in [5.41, 5.74) is -2.02. The SMILES string of the molecule is CC(=O)N[C@@H]1[C@@H](OC(C)=O)CC2(O[C@H]1C(OC(C)=O)[C@@H](COC(C)=O)OC(C)=O)C(=O)N(C1CCCCC1)C(=O)N2C1CCCCC1. The minimum absolute atomic E-state index is 0.312. The van der Waals surface area contributed by atoms with Crippen LogP contribution in [0.25, 0.3) is 0 Å². The first-order valence-corrected chi connectivity index (χ1v) is 16.5. The van der Waals surface area contributed by atoms with Gasteiger partial charge in [-0.15, -0.1) is 0 Å². The third kappa shape index (κ3) is 8.22. The van der Waals surface area contributed by atoms with E-state index in [0.717, 1.165) is 59.3 Å². The Balaban J connectivity index is 1.91. The second-order valence-electron chi connectivity index (χ2n) is 12.9. The number of esters is 4. The van der Waals surface area contributed by atoms with Crippen LogP contribution >= 0.6 is 0 Å². The van der Waals surface area contributed by atoms with Crippen molar-refractivity contribution in [2.75, 3.05) is 6.61 Å². The van der Waals surface area contributed by atoms with Gasteiger partial charge in [0.05, 0.1) is 6.04 Å². The van der Waals surface area contributed by atoms with Crippen molar-refractivity contribution in [2.45, 2.75) is 154 Å². The Hall–Kier alpha value is -3.75. The summed E-state index contributed by atoms with van der Waals surface area (Å²) < 4.78 is 28.8. The van der Waals surface area contributed by atoms with E-state index in [1.807, 2.05) is 0 Å². The first-order valence-electron chi connectivity index (χ1n) is 16.5. The number of carbonyl (C=O) groups excluding carboxylic acids is 7. The van der Waals surface area contributed by atoms with E-state index in [1.54, 1.807) is 0 Å². The van der Waals surface area contributed by atoms with Crippen LogP contribution in [0.1, 0.15) is 105 Å². The van der Waals surface area contributed by atoms with Crippen LogP contribution in [0.2, 0.25) is 0 Å². The third-order valence-electron chi connectivity index (χ3n) is 9.25. The first-order chi connectivity index (χ1) is 22.2. The largest absolute Gasteiger partial charge is 0.462 e. The van der Waals surface area contributed by atoms with Gasteiger partial charge in [0.1, 0.15) is 18.8 Å². The molecule has 15 heteroatoms. The molecule has 0 aromatic rings. The van der Waals surface area contributed by atoms with Gasteiger partial charge >= 0.3 is 29.9 Å². The van der Waals surface area contributed by atoms with Gasteiger partial charge in [0.2, 0.25) is 11.6 Å². The molecule has 2 unspecified atom stereocenters. The van der Waals surface area contributed by atoms with E-state index in [4.69, 9.17) is 23.7 Å². The van der Waals surface area contributed by atoms with Crippen LogP contribution in [0.4, 0.5) is 4.79 Å².